The zero-order valence-corrected chi connectivity index (χ0v) is 16.9. The molecule has 1 fully saturated rings. The third kappa shape index (κ3) is 3.13. The normalized spacial score (nSPS) is 15.9. The number of methoxy groups -OCH3 is 1. The highest BCUT2D eigenvalue weighted by atomic mass is 35.5. The van der Waals surface area contributed by atoms with Gasteiger partial charge in [-0.05, 0) is 49.2 Å². The quantitative estimate of drug-likeness (QED) is 0.646. The van der Waals surface area contributed by atoms with Gasteiger partial charge in [-0.25, -0.2) is 4.68 Å². The van der Waals surface area contributed by atoms with E-state index in [2.05, 4.69) is 16.1 Å². The van der Waals surface area contributed by atoms with Crippen molar-refractivity contribution in [1.29, 1.82) is 0 Å². The number of benzene rings is 2. The summed E-state index contributed by atoms with van der Waals surface area (Å²) in [5.74, 6) is 0.705. The number of anilines is 2. The van der Waals surface area contributed by atoms with E-state index in [1.807, 2.05) is 42.6 Å². The molecule has 2 aliphatic heterocycles. The first kappa shape index (κ1) is 18.1. The van der Waals surface area contributed by atoms with Crippen molar-refractivity contribution in [3.63, 3.8) is 0 Å². The van der Waals surface area contributed by atoms with Crippen LogP contribution in [-0.2, 0) is 6.54 Å². The summed E-state index contributed by atoms with van der Waals surface area (Å²) in [7, 11) is 1.68. The van der Waals surface area contributed by atoms with Gasteiger partial charge >= 0.3 is 0 Å². The Hall–Kier alpha value is -2.99. The predicted octanol–water partition coefficient (Wildman–Crippen LogP) is 4.29. The average Bonchev–Trinajstić information content (AvgIpc) is 3.46. The summed E-state index contributed by atoms with van der Waals surface area (Å²) in [6.07, 6.45) is 4.31. The van der Waals surface area contributed by atoms with Gasteiger partial charge in [-0.1, -0.05) is 11.6 Å². The molecule has 0 radical (unpaired) electrons. The maximum absolute atomic E-state index is 13.0. The molecule has 0 bridgehead atoms. The second-order valence-electron chi connectivity index (χ2n) is 7.37. The number of rotatable bonds is 4. The molecule has 0 saturated carbocycles. The number of fused-ring (bicyclic) bond motifs is 1. The van der Waals surface area contributed by atoms with Crippen LogP contribution in [0.3, 0.4) is 0 Å². The number of aromatic nitrogens is 2. The number of hydrogen-bond donors (Lipinski definition) is 0. The number of halogens is 1. The summed E-state index contributed by atoms with van der Waals surface area (Å²) < 4.78 is 7.36. The van der Waals surface area contributed by atoms with Crippen molar-refractivity contribution in [2.75, 3.05) is 30.0 Å². The van der Waals surface area contributed by atoms with Crippen LogP contribution in [0.4, 0.5) is 11.4 Å². The Kier molecular flexibility index (Phi) is 4.43. The largest absolute Gasteiger partial charge is 0.495 e. The van der Waals surface area contributed by atoms with E-state index in [0.717, 1.165) is 41.5 Å². The summed E-state index contributed by atoms with van der Waals surface area (Å²) in [5, 5.41) is 5.18. The Bertz CT molecular complexity index is 1070. The van der Waals surface area contributed by atoms with Crippen LogP contribution in [0.15, 0.2) is 48.7 Å². The highest BCUT2D eigenvalue weighted by Crippen LogP contribution is 2.37. The standard InChI is InChI=1S/C22H21ClN4O2/c1-29-20-12-18(8-9-19(20)25-10-2-3-11-25)26-13-15-14-27(24-21(15)22(26)28)17-6-4-16(23)5-7-17/h4-9,12,14H,2-3,10-11,13H2,1H3. The molecule has 0 aliphatic carbocycles. The number of ether oxygens (including phenoxy) is 1. The lowest BCUT2D eigenvalue weighted by Crippen LogP contribution is -2.25. The SMILES string of the molecule is COc1cc(N2Cc3cn(-c4ccc(Cl)cc4)nc3C2=O)ccc1N1CCCC1. The fourth-order valence-corrected chi connectivity index (χ4v) is 4.19. The Labute approximate surface area is 174 Å². The van der Waals surface area contributed by atoms with Gasteiger partial charge < -0.3 is 14.5 Å². The van der Waals surface area contributed by atoms with Gasteiger partial charge in [-0.3, -0.25) is 4.79 Å². The second kappa shape index (κ2) is 7.12. The van der Waals surface area contributed by atoms with Crippen molar-refractivity contribution in [2.24, 2.45) is 0 Å². The van der Waals surface area contributed by atoms with E-state index in [9.17, 15) is 4.79 Å². The van der Waals surface area contributed by atoms with E-state index in [-0.39, 0.29) is 5.91 Å². The molecule has 7 heteroatoms. The van der Waals surface area contributed by atoms with Gasteiger partial charge in [0.15, 0.2) is 5.69 Å². The third-order valence-corrected chi connectivity index (χ3v) is 5.83. The average molecular weight is 409 g/mol. The molecule has 0 N–H and O–H groups in total. The second-order valence-corrected chi connectivity index (χ2v) is 7.80. The molecular weight excluding hydrogens is 388 g/mol. The molecule has 2 aliphatic rings. The van der Waals surface area contributed by atoms with E-state index >= 15 is 0 Å². The van der Waals surface area contributed by atoms with Crippen molar-refractivity contribution in [3.8, 4) is 11.4 Å². The van der Waals surface area contributed by atoms with Crippen molar-refractivity contribution in [2.45, 2.75) is 19.4 Å². The summed E-state index contributed by atoms with van der Waals surface area (Å²) in [6.45, 7) is 2.58. The van der Waals surface area contributed by atoms with Crippen LogP contribution in [0.2, 0.25) is 5.02 Å². The number of nitrogens with zero attached hydrogens (tertiary/aromatic N) is 4. The molecule has 3 aromatic rings. The van der Waals surface area contributed by atoms with E-state index in [0.29, 0.717) is 17.3 Å². The molecule has 6 nitrogen and oxygen atoms in total. The molecule has 0 unspecified atom stereocenters. The van der Waals surface area contributed by atoms with E-state index in [1.54, 1.807) is 16.7 Å². The predicted molar refractivity (Wildman–Crippen MR) is 114 cm³/mol. The lowest BCUT2D eigenvalue weighted by Gasteiger charge is -2.23. The van der Waals surface area contributed by atoms with Gasteiger partial charge in [0.25, 0.3) is 5.91 Å². The van der Waals surface area contributed by atoms with Crippen LogP contribution in [-0.4, -0.2) is 35.9 Å². The minimum absolute atomic E-state index is 0.0938. The van der Waals surface area contributed by atoms with Crippen LogP contribution < -0.4 is 14.5 Å². The topological polar surface area (TPSA) is 50.6 Å². The Morgan fingerprint density at radius 1 is 1.03 bits per heavy atom. The van der Waals surface area contributed by atoms with Crippen LogP contribution in [0.5, 0.6) is 5.75 Å². The molecule has 1 amide bonds. The molecule has 2 aromatic carbocycles. The molecule has 1 aromatic heterocycles. The van der Waals surface area contributed by atoms with E-state index in [1.165, 1.54) is 12.8 Å². The van der Waals surface area contributed by atoms with Crippen LogP contribution >= 0.6 is 11.6 Å². The summed E-state index contributed by atoms with van der Waals surface area (Å²) in [4.78, 5) is 17.1. The van der Waals surface area contributed by atoms with Gasteiger partial charge in [-0.15, -0.1) is 0 Å². The van der Waals surface area contributed by atoms with Gasteiger partial charge in [0.05, 0.1) is 25.0 Å². The van der Waals surface area contributed by atoms with Crippen molar-refractivity contribution < 1.29 is 9.53 Å². The zero-order valence-electron chi connectivity index (χ0n) is 16.1. The lowest BCUT2D eigenvalue weighted by atomic mass is 10.2. The van der Waals surface area contributed by atoms with Crippen LogP contribution in [0, 0.1) is 0 Å². The van der Waals surface area contributed by atoms with Gasteiger partial charge in [0.2, 0.25) is 0 Å². The summed E-state index contributed by atoms with van der Waals surface area (Å²) >= 11 is 5.96. The Morgan fingerprint density at radius 2 is 1.76 bits per heavy atom. The maximum atomic E-state index is 13.0. The maximum Gasteiger partial charge on any atom is 0.279 e. The first-order valence-electron chi connectivity index (χ1n) is 9.73. The van der Waals surface area contributed by atoms with Gasteiger partial charge in [0.1, 0.15) is 5.75 Å². The number of carbonyl (C=O) groups excluding carboxylic acids is 1. The van der Waals surface area contributed by atoms with Gasteiger partial charge in [0, 0.05) is 41.6 Å². The molecule has 29 heavy (non-hydrogen) atoms. The highest BCUT2D eigenvalue weighted by molar-refractivity contribution is 6.30. The molecule has 3 heterocycles. The monoisotopic (exact) mass is 408 g/mol. The van der Waals surface area contributed by atoms with E-state index in [4.69, 9.17) is 16.3 Å². The summed E-state index contributed by atoms with van der Waals surface area (Å²) in [5.41, 5.74) is 4.19. The minimum Gasteiger partial charge on any atom is -0.495 e. The molecule has 5 rings (SSSR count). The summed E-state index contributed by atoms with van der Waals surface area (Å²) in [6, 6.07) is 13.4. The van der Waals surface area contributed by atoms with Crippen LogP contribution in [0.25, 0.3) is 5.69 Å². The fraction of sp³-hybridized carbons (Fsp3) is 0.273. The number of amides is 1. The first-order valence-corrected chi connectivity index (χ1v) is 10.1. The van der Waals surface area contributed by atoms with E-state index < -0.39 is 0 Å². The molecule has 0 atom stereocenters. The molecule has 148 valence electrons. The van der Waals surface area contributed by atoms with Crippen molar-refractivity contribution in [1.82, 2.24) is 9.78 Å². The zero-order chi connectivity index (χ0) is 20.0. The lowest BCUT2D eigenvalue weighted by molar-refractivity contribution is 0.0991. The number of carbonyl (C=O) groups is 1. The third-order valence-electron chi connectivity index (χ3n) is 5.58. The Balaban J connectivity index is 1.41. The fourth-order valence-electron chi connectivity index (χ4n) is 4.06. The van der Waals surface area contributed by atoms with Crippen LogP contribution in [0.1, 0.15) is 28.9 Å². The molecule has 1 saturated heterocycles. The molecule has 0 spiro atoms. The van der Waals surface area contributed by atoms with Gasteiger partial charge in [-0.2, -0.15) is 5.10 Å². The smallest absolute Gasteiger partial charge is 0.279 e. The first-order chi connectivity index (χ1) is 14.1. The highest BCUT2D eigenvalue weighted by Gasteiger charge is 2.33. The molecular formula is C22H21ClN4O2. The van der Waals surface area contributed by atoms with Crippen molar-refractivity contribution in [3.05, 3.63) is 64.9 Å². The Morgan fingerprint density at radius 3 is 2.45 bits per heavy atom. The van der Waals surface area contributed by atoms with Crippen molar-refractivity contribution >= 4 is 28.9 Å². The minimum atomic E-state index is -0.0938. The number of hydrogen-bond acceptors (Lipinski definition) is 4.